The molecule has 1 atom stereocenters. The van der Waals surface area contributed by atoms with Crippen molar-refractivity contribution in [1.82, 2.24) is 4.98 Å². The molecule has 1 rings (SSSR count). The number of aliphatic hydroxyl groups is 2. The molecule has 0 fully saturated rings. The summed E-state index contributed by atoms with van der Waals surface area (Å²) in [6, 6.07) is 2.35. The van der Waals surface area contributed by atoms with Crippen molar-refractivity contribution >= 4 is 0 Å². The topological polar surface area (TPSA) is 53.4 Å². The zero-order valence-corrected chi connectivity index (χ0v) is 6.99. The Morgan fingerprint density at radius 2 is 2.07 bits per heavy atom. The first-order valence-corrected chi connectivity index (χ1v) is 3.78. The minimum absolute atomic E-state index is 0.414. The molecule has 0 amide bonds. The smallest absolute Gasteiger partial charge is 0.393 e. The average Bonchev–Trinajstić information content (AvgIpc) is 2.15. The number of aromatic nitrogens is 1. The molecule has 0 spiro atoms. The number of hydrogen-bond donors (Lipinski definition) is 2. The molecule has 0 aliphatic heterocycles. The van der Waals surface area contributed by atoms with E-state index in [0.29, 0.717) is 0 Å². The monoisotopic (exact) mass is 207 g/mol. The van der Waals surface area contributed by atoms with E-state index < -0.39 is 30.1 Å². The normalized spacial score (nSPS) is 14.1. The van der Waals surface area contributed by atoms with Crippen LogP contribution in [0.5, 0.6) is 0 Å². The van der Waals surface area contributed by atoms with Crippen molar-refractivity contribution in [2.45, 2.75) is 12.3 Å². The quantitative estimate of drug-likeness (QED) is 0.764. The molecule has 3 nitrogen and oxygen atoms in total. The fourth-order valence-electron chi connectivity index (χ4n) is 1.02. The molecular formula is C8H8F3NO2. The lowest BCUT2D eigenvalue weighted by Crippen LogP contribution is -2.15. The standard InChI is InChI=1S/C8H8F3NO2/c9-8(10,11)7-5(6(14)4-13)2-1-3-12-7/h1-3,6,13-14H,4H2. The van der Waals surface area contributed by atoms with Crippen LogP contribution < -0.4 is 0 Å². The van der Waals surface area contributed by atoms with Crippen LogP contribution in [0.15, 0.2) is 18.3 Å². The van der Waals surface area contributed by atoms with Crippen LogP contribution in [0.3, 0.4) is 0 Å². The molecule has 0 aliphatic rings. The fourth-order valence-corrected chi connectivity index (χ4v) is 1.02. The molecule has 14 heavy (non-hydrogen) atoms. The molecule has 6 heteroatoms. The summed E-state index contributed by atoms with van der Waals surface area (Å²) in [5.41, 5.74) is -1.58. The fraction of sp³-hybridized carbons (Fsp3) is 0.375. The Labute approximate surface area is 77.8 Å². The zero-order valence-electron chi connectivity index (χ0n) is 6.99. The lowest BCUT2D eigenvalue weighted by molar-refractivity contribution is -0.143. The van der Waals surface area contributed by atoms with E-state index in [2.05, 4.69) is 4.98 Å². The largest absolute Gasteiger partial charge is 0.433 e. The Morgan fingerprint density at radius 3 is 2.57 bits per heavy atom. The second-order valence-corrected chi connectivity index (χ2v) is 2.64. The van der Waals surface area contributed by atoms with Crippen molar-refractivity contribution in [3.8, 4) is 0 Å². The van der Waals surface area contributed by atoms with Gasteiger partial charge in [-0.05, 0) is 6.07 Å². The minimum atomic E-state index is -4.62. The van der Waals surface area contributed by atoms with Crippen LogP contribution in [-0.2, 0) is 6.18 Å². The first kappa shape index (κ1) is 10.9. The van der Waals surface area contributed by atoms with Gasteiger partial charge in [0.15, 0.2) is 0 Å². The molecule has 1 aromatic rings. The highest BCUT2D eigenvalue weighted by molar-refractivity contribution is 5.24. The molecule has 0 saturated carbocycles. The van der Waals surface area contributed by atoms with Gasteiger partial charge in [-0.3, -0.25) is 4.98 Å². The summed E-state index contributed by atoms with van der Waals surface area (Å²) in [4.78, 5) is 3.12. The maximum absolute atomic E-state index is 12.3. The van der Waals surface area contributed by atoms with E-state index in [1.165, 1.54) is 6.07 Å². The summed E-state index contributed by atoms with van der Waals surface area (Å²) in [6.45, 7) is -0.769. The van der Waals surface area contributed by atoms with Crippen LogP contribution in [0.25, 0.3) is 0 Å². The summed E-state index contributed by atoms with van der Waals surface area (Å²) >= 11 is 0. The number of nitrogens with zero attached hydrogens (tertiary/aromatic N) is 1. The van der Waals surface area contributed by atoms with Crippen molar-refractivity contribution in [1.29, 1.82) is 0 Å². The van der Waals surface area contributed by atoms with E-state index in [9.17, 15) is 13.2 Å². The van der Waals surface area contributed by atoms with Gasteiger partial charge in [-0.25, -0.2) is 0 Å². The molecule has 0 aromatic carbocycles. The van der Waals surface area contributed by atoms with Crippen molar-refractivity contribution in [3.05, 3.63) is 29.6 Å². The van der Waals surface area contributed by atoms with Crippen molar-refractivity contribution in [3.63, 3.8) is 0 Å². The van der Waals surface area contributed by atoms with E-state index in [4.69, 9.17) is 10.2 Å². The molecular weight excluding hydrogens is 199 g/mol. The highest BCUT2D eigenvalue weighted by atomic mass is 19.4. The molecule has 1 unspecified atom stereocenters. The van der Waals surface area contributed by atoms with Gasteiger partial charge in [-0.2, -0.15) is 13.2 Å². The highest BCUT2D eigenvalue weighted by Crippen LogP contribution is 2.32. The molecule has 0 aliphatic carbocycles. The van der Waals surface area contributed by atoms with E-state index in [-0.39, 0.29) is 0 Å². The number of rotatable bonds is 2. The van der Waals surface area contributed by atoms with Crippen LogP contribution in [0, 0.1) is 0 Å². The van der Waals surface area contributed by atoms with E-state index in [1.54, 1.807) is 0 Å². The summed E-state index contributed by atoms with van der Waals surface area (Å²) in [5, 5.41) is 17.6. The number of halogens is 3. The Morgan fingerprint density at radius 1 is 1.43 bits per heavy atom. The van der Waals surface area contributed by atoms with Gasteiger partial charge in [0, 0.05) is 11.8 Å². The van der Waals surface area contributed by atoms with Crippen LogP contribution in [0.4, 0.5) is 13.2 Å². The van der Waals surface area contributed by atoms with Gasteiger partial charge in [0.2, 0.25) is 0 Å². The van der Waals surface area contributed by atoms with Crippen LogP contribution in [0.1, 0.15) is 17.4 Å². The van der Waals surface area contributed by atoms with Gasteiger partial charge in [-0.15, -0.1) is 0 Å². The number of pyridine rings is 1. The molecule has 1 aromatic heterocycles. The first-order chi connectivity index (χ1) is 6.46. The summed E-state index contributed by atoms with van der Waals surface area (Å²) in [5.74, 6) is 0. The molecule has 2 N–H and O–H groups in total. The number of hydrogen-bond acceptors (Lipinski definition) is 3. The maximum atomic E-state index is 12.3. The molecule has 0 bridgehead atoms. The Hall–Kier alpha value is -1.14. The first-order valence-electron chi connectivity index (χ1n) is 3.78. The van der Waals surface area contributed by atoms with Crippen molar-refractivity contribution in [2.75, 3.05) is 6.61 Å². The summed E-state index contributed by atoms with van der Waals surface area (Å²) < 4.78 is 36.9. The van der Waals surface area contributed by atoms with Gasteiger partial charge in [0.25, 0.3) is 0 Å². The summed E-state index contributed by atoms with van der Waals surface area (Å²) in [7, 11) is 0. The highest BCUT2D eigenvalue weighted by Gasteiger charge is 2.36. The lowest BCUT2D eigenvalue weighted by atomic mass is 10.1. The molecule has 0 radical (unpaired) electrons. The van der Waals surface area contributed by atoms with E-state index in [0.717, 1.165) is 12.3 Å². The average molecular weight is 207 g/mol. The zero-order chi connectivity index (χ0) is 10.8. The van der Waals surface area contributed by atoms with Crippen LogP contribution in [-0.4, -0.2) is 21.8 Å². The molecule has 0 saturated heterocycles. The predicted octanol–water partition coefficient (Wildman–Crippen LogP) is 1.13. The summed E-state index contributed by atoms with van der Waals surface area (Å²) in [6.07, 6.45) is -5.19. The van der Waals surface area contributed by atoms with Crippen molar-refractivity contribution < 1.29 is 23.4 Å². The van der Waals surface area contributed by atoms with E-state index >= 15 is 0 Å². The molecule has 78 valence electrons. The third-order valence-corrected chi connectivity index (χ3v) is 1.64. The predicted molar refractivity (Wildman–Crippen MR) is 41.3 cm³/mol. The van der Waals surface area contributed by atoms with Gasteiger partial charge in [0.05, 0.1) is 6.61 Å². The SMILES string of the molecule is OCC(O)c1cccnc1C(F)(F)F. The molecule has 1 heterocycles. The van der Waals surface area contributed by atoms with E-state index in [1.807, 2.05) is 0 Å². The van der Waals surface area contributed by atoms with Crippen molar-refractivity contribution in [2.24, 2.45) is 0 Å². The van der Waals surface area contributed by atoms with Crippen LogP contribution in [0.2, 0.25) is 0 Å². The maximum Gasteiger partial charge on any atom is 0.433 e. The number of alkyl halides is 3. The lowest BCUT2D eigenvalue weighted by Gasteiger charge is -2.14. The van der Waals surface area contributed by atoms with Gasteiger partial charge in [0.1, 0.15) is 11.8 Å². The van der Waals surface area contributed by atoms with Crippen LogP contribution >= 0.6 is 0 Å². The van der Waals surface area contributed by atoms with Gasteiger partial charge in [-0.1, -0.05) is 6.07 Å². The van der Waals surface area contributed by atoms with Gasteiger partial charge < -0.3 is 10.2 Å². The second-order valence-electron chi connectivity index (χ2n) is 2.64. The minimum Gasteiger partial charge on any atom is -0.393 e. The Bertz CT molecular complexity index is 314. The Balaban J connectivity index is 3.16. The van der Waals surface area contributed by atoms with Gasteiger partial charge >= 0.3 is 6.18 Å². The second kappa shape index (κ2) is 3.93. The third-order valence-electron chi connectivity index (χ3n) is 1.64. The Kier molecular flexibility index (Phi) is 3.07. The third kappa shape index (κ3) is 2.21. The number of aliphatic hydroxyl groups excluding tert-OH is 2.